The molecule has 0 aliphatic rings. The number of carbonyl (C=O) groups is 1. The minimum Gasteiger partial charge on any atom is -0.476 e. The van der Waals surface area contributed by atoms with Gasteiger partial charge in [0.2, 0.25) is 0 Å². The van der Waals surface area contributed by atoms with E-state index in [0.717, 1.165) is 0 Å². The number of rotatable bonds is 2. The van der Waals surface area contributed by atoms with E-state index in [1.807, 2.05) is 0 Å². The van der Waals surface area contributed by atoms with Crippen LogP contribution in [0.25, 0.3) is 11.3 Å². The lowest BCUT2D eigenvalue weighted by atomic mass is 10.0. The van der Waals surface area contributed by atoms with Crippen molar-refractivity contribution in [2.75, 3.05) is 0 Å². The van der Waals surface area contributed by atoms with E-state index in [2.05, 4.69) is 4.98 Å². The summed E-state index contributed by atoms with van der Waals surface area (Å²) in [7, 11) is 0. The Bertz CT molecular complexity index is 845. The maximum absolute atomic E-state index is 12.8. The van der Waals surface area contributed by atoms with Gasteiger partial charge in [0.25, 0.3) is 0 Å². The first kappa shape index (κ1) is 17.1. The molecule has 0 aliphatic carbocycles. The second-order valence-electron chi connectivity index (χ2n) is 4.32. The molecule has 0 unspecified atom stereocenters. The molecular weight excluding hydrogens is 356 g/mol. The molecule has 23 heavy (non-hydrogen) atoms. The predicted molar refractivity (Wildman–Crippen MR) is 76.4 cm³/mol. The Hall–Kier alpha value is -2.30. The third-order valence-corrected chi connectivity index (χ3v) is 3.45. The fourth-order valence-electron chi connectivity index (χ4n) is 1.85. The molecule has 2 aromatic rings. The number of halogens is 5. The van der Waals surface area contributed by atoms with E-state index in [9.17, 15) is 18.0 Å². The summed E-state index contributed by atoms with van der Waals surface area (Å²) in [5, 5.41) is 17.5. The summed E-state index contributed by atoms with van der Waals surface area (Å²) in [6.07, 6.45) is -4.67. The monoisotopic (exact) mass is 360 g/mol. The van der Waals surface area contributed by atoms with Gasteiger partial charge in [0.15, 0.2) is 5.69 Å². The van der Waals surface area contributed by atoms with Crippen molar-refractivity contribution in [2.24, 2.45) is 0 Å². The van der Waals surface area contributed by atoms with Gasteiger partial charge in [-0.3, -0.25) is 0 Å². The molecule has 0 radical (unpaired) electrons. The number of aromatic carboxylic acids is 1. The van der Waals surface area contributed by atoms with E-state index in [1.54, 1.807) is 6.07 Å². The fraction of sp³-hybridized carbons (Fsp3) is 0.0714. The quantitative estimate of drug-likeness (QED) is 0.846. The molecule has 0 aliphatic heterocycles. The topological polar surface area (TPSA) is 74.0 Å². The van der Waals surface area contributed by atoms with Crippen LogP contribution in [0.2, 0.25) is 10.0 Å². The number of carboxylic acids is 1. The molecule has 2 rings (SSSR count). The van der Waals surface area contributed by atoms with Gasteiger partial charge in [0, 0.05) is 5.56 Å². The molecule has 4 nitrogen and oxygen atoms in total. The van der Waals surface area contributed by atoms with Crippen molar-refractivity contribution >= 4 is 29.2 Å². The predicted octanol–water partition coefficient (Wildman–Crippen LogP) is 4.64. The number of hydrogen-bond donors (Lipinski definition) is 1. The highest BCUT2D eigenvalue weighted by molar-refractivity contribution is 6.34. The largest absolute Gasteiger partial charge is 0.476 e. The van der Waals surface area contributed by atoms with Crippen LogP contribution in [-0.4, -0.2) is 16.1 Å². The lowest BCUT2D eigenvalue weighted by Crippen LogP contribution is -2.07. The van der Waals surface area contributed by atoms with Gasteiger partial charge in [-0.1, -0.05) is 23.2 Å². The summed E-state index contributed by atoms with van der Waals surface area (Å²) >= 11 is 11.5. The normalized spacial score (nSPS) is 11.1. The van der Waals surface area contributed by atoms with Crippen LogP contribution in [0.1, 0.15) is 21.6 Å². The summed E-state index contributed by atoms with van der Waals surface area (Å²) in [6, 6.07) is 5.35. The van der Waals surface area contributed by atoms with Crippen LogP contribution in [0.5, 0.6) is 0 Å². The van der Waals surface area contributed by atoms with Crippen LogP contribution in [0.15, 0.2) is 24.3 Å². The molecule has 1 aromatic heterocycles. The molecule has 0 atom stereocenters. The summed E-state index contributed by atoms with van der Waals surface area (Å²) < 4.78 is 38.3. The lowest BCUT2D eigenvalue weighted by molar-refractivity contribution is -0.137. The smallest absolute Gasteiger partial charge is 0.416 e. The number of aromatic nitrogens is 1. The van der Waals surface area contributed by atoms with Gasteiger partial charge in [0.1, 0.15) is 0 Å². The Morgan fingerprint density at radius 3 is 2.39 bits per heavy atom. The Balaban J connectivity index is 2.72. The first-order valence-electron chi connectivity index (χ1n) is 5.86. The second-order valence-corrected chi connectivity index (χ2v) is 5.14. The summed E-state index contributed by atoms with van der Waals surface area (Å²) in [6.45, 7) is 0. The Labute approximate surface area is 137 Å². The Kier molecular flexibility index (Phi) is 4.50. The number of nitriles is 1. The molecule has 9 heteroatoms. The molecule has 1 heterocycles. The van der Waals surface area contributed by atoms with Crippen molar-refractivity contribution in [3.63, 3.8) is 0 Å². The number of benzene rings is 1. The average molecular weight is 361 g/mol. The number of alkyl halides is 3. The molecule has 1 aromatic carbocycles. The van der Waals surface area contributed by atoms with Gasteiger partial charge < -0.3 is 5.11 Å². The first-order chi connectivity index (χ1) is 10.6. The van der Waals surface area contributed by atoms with E-state index in [4.69, 9.17) is 33.6 Å². The van der Waals surface area contributed by atoms with Crippen LogP contribution in [0.3, 0.4) is 0 Å². The first-order valence-corrected chi connectivity index (χ1v) is 6.61. The van der Waals surface area contributed by atoms with Gasteiger partial charge in [-0.25, -0.2) is 9.78 Å². The molecule has 0 saturated carbocycles. The van der Waals surface area contributed by atoms with Crippen LogP contribution < -0.4 is 0 Å². The van der Waals surface area contributed by atoms with Gasteiger partial charge in [0.05, 0.1) is 32.9 Å². The highest BCUT2D eigenvalue weighted by Crippen LogP contribution is 2.38. The van der Waals surface area contributed by atoms with Gasteiger partial charge in [-0.05, 0) is 24.3 Å². The lowest BCUT2D eigenvalue weighted by Gasteiger charge is -2.12. The molecular formula is C14H5Cl2F3N2O2. The third-order valence-electron chi connectivity index (χ3n) is 2.84. The van der Waals surface area contributed by atoms with E-state index in [1.165, 1.54) is 12.1 Å². The van der Waals surface area contributed by atoms with Crippen LogP contribution in [0.4, 0.5) is 13.2 Å². The van der Waals surface area contributed by atoms with Crippen molar-refractivity contribution in [3.05, 3.63) is 51.1 Å². The summed E-state index contributed by atoms with van der Waals surface area (Å²) in [5.41, 5.74) is -2.13. The molecule has 0 amide bonds. The van der Waals surface area contributed by atoms with Crippen molar-refractivity contribution < 1.29 is 23.1 Å². The molecule has 0 fully saturated rings. The Morgan fingerprint density at radius 2 is 1.87 bits per heavy atom. The highest BCUT2D eigenvalue weighted by Gasteiger charge is 2.32. The summed E-state index contributed by atoms with van der Waals surface area (Å²) in [5.74, 6) is -1.42. The van der Waals surface area contributed by atoms with Crippen LogP contribution in [-0.2, 0) is 6.18 Å². The number of carboxylic acid groups (broad SMARTS) is 1. The minimum absolute atomic E-state index is 0.0675. The number of nitrogens with zero attached hydrogens (tertiary/aromatic N) is 2. The second kappa shape index (κ2) is 6.07. The van der Waals surface area contributed by atoms with E-state index >= 15 is 0 Å². The van der Waals surface area contributed by atoms with E-state index in [-0.39, 0.29) is 26.9 Å². The fourth-order valence-corrected chi connectivity index (χ4v) is 2.35. The van der Waals surface area contributed by atoms with E-state index < -0.39 is 23.4 Å². The van der Waals surface area contributed by atoms with Gasteiger partial charge in [-0.15, -0.1) is 0 Å². The zero-order chi connectivity index (χ0) is 17.4. The average Bonchev–Trinajstić information content (AvgIpc) is 2.46. The van der Waals surface area contributed by atoms with Gasteiger partial charge >= 0.3 is 12.1 Å². The van der Waals surface area contributed by atoms with Crippen molar-refractivity contribution in [3.8, 4) is 17.3 Å². The maximum Gasteiger partial charge on any atom is 0.416 e. The van der Waals surface area contributed by atoms with Crippen LogP contribution in [0, 0.1) is 11.3 Å². The zero-order valence-electron chi connectivity index (χ0n) is 10.9. The van der Waals surface area contributed by atoms with Crippen LogP contribution >= 0.6 is 23.2 Å². The molecule has 1 N–H and O–H groups in total. The molecule has 118 valence electrons. The Morgan fingerprint density at radius 1 is 1.22 bits per heavy atom. The standard InChI is InChI=1S/C14H5Cl2F3N2O2/c15-8-1-2-10(21-12(8)13(22)23)11-6(5-20)3-7(4-9(11)16)14(17,18)19/h1-4H,(H,22,23). The molecule has 0 spiro atoms. The zero-order valence-corrected chi connectivity index (χ0v) is 12.5. The third kappa shape index (κ3) is 3.38. The highest BCUT2D eigenvalue weighted by atomic mass is 35.5. The summed E-state index contributed by atoms with van der Waals surface area (Å²) in [4.78, 5) is 14.8. The molecule has 0 saturated heterocycles. The number of hydrogen-bond acceptors (Lipinski definition) is 3. The number of pyridine rings is 1. The van der Waals surface area contributed by atoms with Crippen molar-refractivity contribution in [1.29, 1.82) is 5.26 Å². The van der Waals surface area contributed by atoms with Crippen molar-refractivity contribution in [1.82, 2.24) is 4.98 Å². The van der Waals surface area contributed by atoms with Crippen molar-refractivity contribution in [2.45, 2.75) is 6.18 Å². The molecule has 0 bridgehead atoms. The SMILES string of the molecule is N#Cc1cc(C(F)(F)F)cc(Cl)c1-c1ccc(Cl)c(C(=O)O)n1. The maximum atomic E-state index is 12.8. The van der Waals surface area contributed by atoms with Gasteiger partial charge in [-0.2, -0.15) is 18.4 Å². The van der Waals surface area contributed by atoms with E-state index in [0.29, 0.717) is 12.1 Å². The minimum atomic E-state index is -4.67.